The van der Waals surface area contributed by atoms with Gasteiger partial charge in [-0.25, -0.2) is 0 Å². The lowest BCUT2D eigenvalue weighted by atomic mass is 10.1. The van der Waals surface area contributed by atoms with Crippen LogP contribution in [0.4, 0.5) is 8.78 Å². The molecule has 26 heavy (non-hydrogen) atoms. The van der Waals surface area contributed by atoms with Gasteiger partial charge in [-0.3, -0.25) is 4.79 Å². The third-order valence-corrected chi connectivity index (χ3v) is 4.02. The molecule has 146 valence electrons. The average molecular weight is 395 g/mol. The van der Waals surface area contributed by atoms with E-state index in [0.29, 0.717) is 36.8 Å². The van der Waals surface area contributed by atoms with Crippen LogP contribution in [-0.2, 0) is 16.1 Å². The van der Waals surface area contributed by atoms with E-state index in [9.17, 15) is 13.6 Å². The maximum absolute atomic E-state index is 12.7. The number of fused-ring (bicyclic) bond motifs is 1. The summed E-state index contributed by atoms with van der Waals surface area (Å²) >= 11 is 0. The van der Waals surface area contributed by atoms with E-state index in [2.05, 4.69) is 10.1 Å². The molecule has 3 rings (SSSR count). The van der Waals surface area contributed by atoms with Crippen LogP contribution >= 0.6 is 12.4 Å². The second-order valence-electron chi connectivity index (χ2n) is 5.87. The van der Waals surface area contributed by atoms with Gasteiger partial charge in [-0.05, 0) is 6.07 Å². The molecule has 1 fully saturated rings. The molecular weight excluding hydrogens is 374 g/mol. The topological polar surface area (TPSA) is 69.3 Å². The third kappa shape index (κ3) is 5.09. The Hall–Kier alpha value is -1.84. The number of alkyl halides is 2. The number of ether oxygens (including phenoxy) is 4. The molecule has 0 aromatic heterocycles. The van der Waals surface area contributed by atoms with E-state index in [1.807, 2.05) is 0 Å². The summed E-state index contributed by atoms with van der Waals surface area (Å²) in [5, 5.41) is 3.21. The number of benzene rings is 1. The molecule has 1 atom stereocenters. The van der Waals surface area contributed by atoms with Crippen LogP contribution in [-0.4, -0.2) is 57.1 Å². The lowest BCUT2D eigenvalue weighted by molar-refractivity contribution is -0.131. The van der Waals surface area contributed by atoms with Crippen molar-refractivity contribution in [1.29, 1.82) is 0 Å². The van der Waals surface area contributed by atoms with Gasteiger partial charge in [0.1, 0.15) is 5.75 Å². The fraction of sp³-hybridized carbons (Fsp3) is 0.562. The molecule has 2 aliphatic rings. The zero-order valence-corrected chi connectivity index (χ0v) is 15.0. The van der Waals surface area contributed by atoms with Crippen LogP contribution in [0, 0.1) is 0 Å². The average Bonchev–Trinajstić information content (AvgIpc) is 3.02. The SMILES string of the molecule is CN(Cc1cc2c(cc1OC(F)F)OCO2)C(=O)CC1COCCN1.Cl. The van der Waals surface area contributed by atoms with Crippen molar-refractivity contribution < 1.29 is 32.5 Å². The Morgan fingerprint density at radius 1 is 1.38 bits per heavy atom. The van der Waals surface area contributed by atoms with E-state index in [-0.39, 0.29) is 49.9 Å². The van der Waals surface area contributed by atoms with Crippen molar-refractivity contribution in [3.63, 3.8) is 0 Å². The van der Waals surface area contributed by atoms with Crippen molar-refractivity contribution in [2.75, 3.05) is 33.6 Å². The maximum atomic E-state index is 12.7. The molecule has 1 aromatic carbocycles. The molecule has 2 heterocycles. The molecule has 1 saturated heterocycles. The van der Waals surface area contributed by atoms with Gasteiger partial charge < -0.3 is 29.2 Å². The molecule has 2 aliphatic heterocycles. The van der Waals surface area contributed by atoms with Crippen molar-refractivity contribution in [1.82, 2.24) is 10.2 Å². The number of nitrogens with zero attached hydrogens (tertiary/aromatic N) is 1. The number of halogens is 3. The van der Waals surface area contributed by atoms with Crippen molar-refractivity contribution in [3.05, 3.63) is 17.7 Å². The number of hydrogen-bond acceptors (Lipinski definition) is 6. The first kappa shape index (κ1) is 20.5. The van der Waals surface area contributed by atoms with Crippen LogP contribution in [0.25, 0.3) is 0 Å². The fourth-order valence-corrected chi connectivity index (χ4v) is 2.76. The van der Waals surface area contributed by atoms with E-state index in [0.717, 1.165) is 0 Å². The first-order valence-electron chi connectivity index (χ1n) is 7.95. The largest absolute Gasteiger partial charge is 0.454 e. The first-order chi connectivity index (χ1) is 12.0. The minimum absolute atomic E-state index is 0. The number of carbonyl (C=O) groups is 1. The molecule has 0 bridgehead atoms. The van der Waals surface area contributed by atoms with Gasteiger partial charge in [0.15, 0.2) is 11.5 Å². The summed E-state index contributed by atoms with van der Waals surface area (Å²) in [6, 6.07) is 2.88. The van der Waals surface area contributed by atoms with Gasteiger partial charge in [0.2, 0.25) is 12.7 Å². The predicted octanol–water partition coefficient (Wildman–Crippen LogP) is 1.78. The Balaban J connectivity index is 0.00000243. The van der Waals surface area contributed by atoms with Crippen LogP contribution < -0.4 is 19.5 Å². The Bertz CT molecular complexity index is 629. The molecule has 1 amide bonds. The van der Waals surface area contributed by atoms with E-state index in [1.54, 1.807) is 13.1 Å². The van der Waals surface area contributed by atoms with E-state index >= 15 is 0 Å². The normalized spacial score (nSPS) is 18.4. The first-order valence-corrected chi connectivity index (χ1v) is 7.95. The molecule has 7 nitrogen and oxygen atoms in total. The highest BCUT2D eigenvalue weighted by molar-refractivity contribution is 5.85. The van der Waals surface area contributed by atoms with E-state index in [1.165, 1.54) is 11.0 Å². The highest BCUT2D eigenvalue weighted by Gasteiger charge is 2.23. The molecule has 0 radical (unpaired) electrons. The maximum Gasteiger partial charge on any atom is 0.387 e. The molecule has 1 unspecified atom stereocenters. The monoisotopic (exact) mass is 394 g/mol. The Morgan fingerprint density at radius 2 is 2.12 bits per heavy atom. The van der Waals surface area contributed by atoms with Crippen LogP contribution in [0.2, 0.25) is 0 Å². The van der Waals surface area contributed by atoms with Gasteiger partial charge in [-0.2, -0.15) is 8.78 Å². The van der Waals surface area contributed by atoms with Gasteiger partial charge in [0.05, 0.1) is 13.2 Å². The van der Waals surface area contributed by atoms with Crippen LogP contribution in [0.5, 0.6) is 17.2 Å². The Kier molecular flexibility index (Phi) is 7.24. The van der Waals surface area contributed by atoms with Gasteiger partial charge in [0, 0.05) is 44.2 Å². The highest BCUT2D eigenvalue weighted by atomic mass is 35.5. The van der Waals surface area contributed by atoms with E-state index < -0.39 is 6.61 Å². The minimum atomic E-state index is -2.97. The molecule has 1 aromatic rings. The number of nitrogens with one attached hydrogen (secondary N) is 1. The number of amides is 1. The van der Waals surface area contributed by atoms with Crippen LogP contribution in [0.3, 0.4) is 0 Å². The standard InChI is InChI=1S/C16H20F2N2O5.ClH/c1-20(15(21)5-11-8-22-3-2-19-11)7-10-4-13-14(24-9-23-13)6-12(10)25-16(17)18;/h4,6,11,16,19H,2-3,5,7-9H2,1H3;1H. The van der Waals surface area contributed by atoms with Gasteiger partial charge in [-0.1, -0.05) is 0 Å². The summed E-state index contributed by atoms with van der Waals surface area (Å²) in [5.74, 6) is 0.637. The highest BCUT2D eigenvalue weighted by Crippen LogP contribution is 2.39. The Labute approximate surface area is 155 Å². The second-order valence-corrected chi connectivity index (χ2v) is 5.87. The molecule has 0 aliphatic carbocycles. The summed E-state index contributed by atoms with van der Waals surface area (Å²) in [5.41, 5.74) is 0.424. The Morgan fingerprint density at radius 3 is 2.77 bits per heavy atom. The molecule has 0 saturated carbocycles. The van der Waals surface area contributed by atoms with Crippen LogP contribution in [0.15, 0.2) is 12.1 Å². The summed E-state index contributed by atoms with van der Waals surface area (Å²) in [6.07, 6.45) is 0.270. The second kappa shape index (κ2) is 9.20. The molecule has 1 N–H and O–H groups in total. The van der Waals surface area contributed by atoms with Crippen LogP contribution in [0.1, 0.15) is 12.0 Å². The molecule has 0 spiro atoms. The van der Waals surface area contributed by atoms with Crippen molar-refractivity contribution in [3.8, 4) is 17.2 Å². The number of carbonyl (C=O) groups excluding carboxylic acids is 1. The van der Waals surface area contributed by atoms with Crippen molar-refractivity contribution in [2.24, 2.45) is 0 Å². The van der Waals surface area contributed by atoms with Gasteiger partial charge in [-0.15, -0.1) is 12.4 Å². The zero-order valence-electron chi connectivity index (χ0n) is 14.2. The summed E-state index contributed by atoms with van der Waals surface area (Å²) in [7, 11) is 1.61. The van der Waals surface area contributed by atoms with Gasteiger partial charge >= 0.3 is 6.61 Å². The summed E-state index contributed by atoms with van der Waals surface area (Å²) in [6.45, 7) is -1.02. The van der Waals surface area contributed by atoms with Crippen molar-refractivity contribution in [2.45, 2.75) is 25.6 Å². The predicted molar refractivity (Wildman–Crippen MR) is 90.1 cm³/mol. The van der Waals surface area contributed by atoms with Crippen molar-refractivity contribution >= 4 is 18.3 Å². The summed E-state index contributed by atoms with van der Waals surface area (Å²) in [4.78, 5) is 13.8. The quantitative estimate of drug-likeness (QED) is 0.793. The van der Waals surface area contributed by atoms with Gasteiger partial charge in [0.25, 0.3) is 0 Å². The lowest BCUT2D eigenvalue weighted by Crippen LogP contribution is -2.44. The van der Waals surface area contributed by atoms with E-state index in [4.69, 9.17) is 14.2 Å². The smallest absolute Gasteiger partial charge is 0.387 e. The summed E-state index contributed by atoms with van der Waals surface area (Å²) < 4.78 is 45.7. The fourth-order valence-electron chi connectivity index (χ4n) is 2.76. The number of morpholine rings is 1. The lowest BCUT2D eigenvalue weighted by Gasteiger charge is -2.26. The number of hydrogen-bond donors (Lipinski definition) is 1. The minimum Gasteiger partial charge on any atom is -0.454 e. The third-order valence-electron chi connectivity index (χ3n) is 4.02. The zero-order chi connectivity index (χ0) is 17.8. The number of rotatable bonds is 6. The molecule has 10 heteroatoms. The molecular formula is C16H21ClF2N2O5.